The van der Waals surface area contributed by atoms with E-state index in [-0.39, 0.29) is 24.2 Å². The second-order valence-corrected chi connectivity index (χ2v) is 12.1. The summed E-state index contributed by atoms with van der Waals surface area (Å²) in [6.07, 6.45) is 0. The Morgan fingerprint density at radius 2 is 1.04 bits per heavy atom. The molecule has 1 heterocycles. The first-order valence-corrected chi connectivity index (χ1v) is 15.9. The highest BCUT2D eigenvalue weighted by molar-refractivity contribution is 6.27. The fourth-order valence-electron chi connectivity index (χ4n) is 7.41. The fourth-order valence-corrected chi connectivity index (χ4v) is 7.41. The van der Waals surface area contributed by atoms with Gasteiger partial charge in [-0.3, -0.25) is 0 Å². The molecule has 0 saturated carbocycles. The second kappa shape index (κ2) is 10.2. The van der Waals surface area contributed by atoms with E-state index in [1.807, 2.05) is 91.0 Å². The lowest BCUT2D eigenvalue weighted by molar-refractivity contribution is 0.673. The zero-order chi connectivity index (χ0) is 34.4. The maximum Gasteiger partial charge on any atom is 0.143 e. The molecule has 1 aromatic heterocycles. The van der Waals surface area contributed by atoms with Gasteiger partial charge in [0.05, 0.1) is 5.48 Å². The third-order valence-corrected chi connectivity index (χ3v) is 9.50. The average molecular weight is 601 g/mol. The number of furan rings is 1. The lowest BCUT2D eigenvalue weighted by atomic mass is 9.84. The Hall–Kier alpha value is -6.18. The molecule has 0 N–H and O–H groups in total. The van der Waals surface area contributed by atoms with Crippen molar-refractivity contribution in [3.63, 3.8) is 0 Å². The second-order valence-electron chi connectivity index (χ2n) is 12.1. The first-order chi connectivity index (χ1) is 25.0. The summed E-state index contributed by atoms with van der Waals surface area (Å²) in [5.74, 6) is 0. The van der Waals surface area contributed by atoms with Gasteiger partial charge in [-0.2, -0.15) is 0 Å². The van der Waals surface area contributed by atoms with Crippen LogP contribution in [0.15, 0.2) is 174 Å². The molecular weight excluding hydrogens is 569 g/mol. The molecule has 10 aromatic rings. The van der Waals surface area contributed by atoms with E-state index in [0.29, 0.717) is 16.7 Å². The van der Waals surface area contributed by atoms with Crippen LogP contribution >= 0.6 is 0 Å². The molecular formula is C46H28O. The minimum Gasteiger partial charge on any atom is -0.455 e. The van der Waals surface area contributed by atoms with Gasteiger partial charge in [0.15, 0.2) is 0 Å². The van der Waals surface area contributed by atoms with Gasteiger partial charge >= 0.3 is 0 Å². The maximum absolute atomic E-state index is 9.68. The van der Waals surface area contributed by atoms with Crippen LogP contribution in [0.3, 0.4) is 0 Å². The molecule has 0 radical (unpaired) electrons. The third kappa shape index (κ3) is 3.97. The van der Waals surface area contributed by atoms with Gasteiger partial charge in [-0.1, -0.05) is 146 Å². The molecule has 218 valence electrons. The van der Waals surface area contributed by atoms with Crippen molar-refractivity contribution in [1.29, 1.82) is 0 Å². The van der Waals surface area contributed by atoms with E-state index in [1.165, 1.54) is 0 Å². The quantitative estimate of drug-likeness (QED) is 0.184. The van der Waals surface area contributed by atoms with Crippen LogP contribution < -0.4 is 0 Å². The highest BCUT2D eigenvalue weighted by Gasteiger charge is 2.21. The van der Waals surface area contributed by atoms with Crippen LogP contribution in [0, 0.1) is 0 Å². The summed E-state index contributed by atoms with van der Waals surface area (Å²) in [6.45, 7) is 0. The summed E-state index contributed by atoms with van der Waals surface area (Å²) in [4.78, 5) is 0. The monoisotopic (exact) mass is 600 g/mol. The average Bonchev–Trinajstić information content (AvgIpc) is 3.57. The topological polar surface area (TPSA) is 13.1 Å². The molecule has 1 nitrogen and oxygen atoms in total. The standard InChI is InChI=1S/C46H28O/c1-2-13-31-27-33(24-23-29(31)11-1)32-14-9-15-34(28-32)43-36-17-5-7-19-38(36)44(39-20-8-6-18-37(39)43)40-21-10-22-42-45(40)41-26-25-30-12-3-4-16-35(30)46(41)47-42/h1-28H/i9D,14D,15D,28D. The van der Waals surface area contributed by atoms with Crippen LogP contribution in [0.2, 0.25) is 0 Å². The SMILES string of the molecule is [2H]c1c([2H])c(-c2ccc3ccccc3c2)c([2H])c(-c2c3ccccc3c(-c3cccc4oc5c6ccccc6ccc5c34)c3ccccc23)c1[2H]. The van der Waals surface area contributed by atoms with Gasteiger partial charge in [0.25, 0.3) is 0 Å². The van der Waals surface area contributed by atoms with Crippen LogP contribution in [0.5, 0.6) is 0 Å². The van der Waals surface area contributed by atoms with Gasteiger partial charge in [0, 0.05) is 16.2 Å². The summed E-state index contributed by atoms with van der Waals surface area (Å²) in [5.41, 5.74) is 5.88. The molecule has 0 unspecified atom stereocenters. The Morgan fingerprint density at radius 1 is 0.426 bits per heavy atom. The van der Waals surface area contributed by atoms with Crippen molar-refractivity contribution in [2.45, 2.75) is 0 Å². The van der Waals surface area contributed by atoms with Crippen molar-refractivity contribution in [3.05, 3.63) is 170 Å². The molecule has 0 aliphatic carbocycles. The number of hydrogen-bond donors (Lipinski definition) is 0. The van der Waals surface area contributed by atoms with E-state index in [2.05, 4.69) is 54.6 Å². The number of benzene rings is 9. The number of rotatable bonds is 3. The summed E-state index contributed by atoms with van der Waals surface area (Å²) in [5, 5.41) is 10.0. The van der Waals surface area contributed by atoms with Crippen LogP contribution in [0.4, 0.5) is 0 Å². The highest BCUT2D eigenvalue weighted by Crippen LogP contribution is 2.47. The lowest BCUT2D eigenvalue weighted by Gasteiger charge is -2.18. The van der Waals surface area contributed by atoms with Crippen molar-refractivity contribution < 1.29 is 9.90 Å². The molecule has 0 amide bonds. The predicted molar refractivity (Wildman–Crippen MR) is 200 cm³/mol. The molecule has 0 atom stereocenters. The molecule has 47 heavy (non-hydrogen) atoms. The van der Waals surface area contributed by atoms with Gasteiger partial charge in [-0.05, 0) is 95.3 Å². The molecule has 0 spiro atoms. The first-order valence-electron chi connectivity index (χ1n) is 17.9. The molecule has 0 saturated heterocycles. The predicted octanol–water partition coefficient (Wildman–Crippen LogP) is 13.2. The summed E-state index contributed by atoms with van der Waals surface area (Å²) in [6, 6.07) is 48.7. The van der Waals surface area contributed by atoms with E-state index in [9.17, 15) is 2.74 Å². The minimum atomic E-state index is -0.191. The van der Waals surface area contributed by atoms with Crippen LogP contribution in [0.25, 0.3) is 98.4 Å². The van der Waals surface area contributed by atoms with Gasteiger partial charge in [-0.25, -0.2) is 0 Å². The molecule has 0 bridgehead atoms. The van der Waals surface area contributed by atoms with Gasteiger partial charge in [0.1, 0.15) is 11.2 Å². The van der Waals surface area contributed by atoms with Crippen molar-refractivity contribution in [2.75, 3.05) is 0 Å². The van der Waals surface area contributed by atoms with Gasteiger partial charge < -0.3 is 4.42 Å². The van der Waals surface area contributed by atoms with E-state index >= 15 is 0 Å². The third-order valence-electron chi connectivity index (χ3n) is 9.50. The summed E-state index contributed by atoms with van der Waals surface area (Å²) >= 11 is 0. The van der Waals surface area contributed by atoms with Crippen molar-refractivity contribution in [1.82, 2.24) is 0 Å². The zero-order valence-electron chi connectivity index (χ0n) is 29.3. The van der Waals surface area contributed by atoms with E-state index in [1.54, 1.807) is 0 Å². The van der Waals surface area contributed by atoms with Crippen LogP contribution in [-0.2, 0) is 0 Å². The van der Waals surface area contributed by atoms with E-state index in [0.717, 1.165) is 81.7 Å². The minimum absolute atomic E-state index is 0.0779. The first kappa shape index (κ1) is 22.3. The fraction of sp³-hybridized carbons (Fsp3) is 0. The summed E-state index contributed by atoms with van der Waals surface area (Å²) < 4.78 is 43.6. The summed E-state index contributed by atoms with van der Waals surface area (Å²) in [7, 11) is 0. The highest BCUT2D eigenvalue weighted by atomic mass is 16.3. The molecule has 0 aliphatic heterocycles. The van der Waals surface area contributed by atoms with Crippen molar-refractivity contribution in [3.8, 4) is 33.4 Å². The Balaban J connectivity index is 1.32. The number of fused-ring (bicyclic) bond motifs is 8. The van der Waals surface area contributed by atoms with Crippen molar-refractivity contribution >= 4 is 65.0 Å². The zero-order valence-corrected chi connectivity index (χ0v) is 25.3. The largest absolute Gasteiger partial charge is 0.455 e. The number of hydrogen-bond acceptors (Lipinski definition) is 1. The van der Waals surface area contributed by atoms with E-state index < -0.39 is 0 Å². The lowest BCUT2D eigenvalue weighted by Crippen LogP contribution is -1.91. The van der Waals surface area contributed by atoms with Crippen LogP contribution in [-0.4, -0.2) is 0 Å². The Bertz CT molecular complexity index is 3030. The van der Waals surface area contributed by atoms with Gasteiger partial charge in [0.2, 0.25) is 0 Å². The van der Waals surface area contributed by atoms with E-state index in [4.69, 9.17) is 7.16 Å². The smallest absolute Gasteiger partial charge is 0.143 e. The Labute approximate surface area is 277 Å². The van der Waals surface area contributed by atoms with Gasteiger partial charge in [-0.15, -0.1) is 0 Å². The normalized spacial score (nSPS) is 13.0. The Morgan fingerprint density at radius 3 is 1.81 bits per heavy atom. The maximum atomic E-state index is 9.68. The van der Waals surface area contributed by atoms with Crippen LogP contribution in [0.1, 0.15) is 5.48 Å². The molecule has 10 rings (SSSR count). The molecule has 0 aliphatic rings. The molecule has 0 fully saturated rings. The molecule has 1 heteroatoms. The van der Waals surface area contributed by atoms with Crippen molar-refractivity contribution in [2.24, 2.45) is 0 Å². The Kier molecular flexibility index (Phi) is 4.83. The molecule has 9 aromatic carbocycles.